The van der Waals surface area contributed by atoms with Gasteiger partial charge in [-0.2, -0.15) is 0 Å². The van der Waals surface area contributed by atoms with E-state index >= 15 is 0 Å². The summed E-state index contributed by atoms with van der Waals surface area (Å²) in [4.78, 5) is 21.7. The molecule has 174 valence electrons. The summed E-state index contributed by atoms with van der Waals surface area (Å²) in [5.74, 6) is 1.25. The van der Waals surface area contributed by atoms with E-state index in [9.17, 15) is 9.18 Å². The molecule has 1 aromatic heterocycles. The highest BCUT2D eigenvalue weighted by atomic mass is 19.1. The highest BCUT2D eigenvalue weighted by molar-refractivity contribution is 5.84. The lowest BCUT2D eigenvalue weighted by Gasteiger charge is -2.34. The molecule has 0 spiro atoms. The Labute approximate surface area is 199 Å². The second-order valence-electron chi connectivity index (χ2n) is 9.09. The molecule has 0 radical (unpaired) electrons. The van der Waals surface area contributed by atoms with Gasteiger partial charge in [0.2, 0.25) is 5.91 Å². The molecule has 34 heavy (non-hydrogen) atoms. The van der Waals surface area contributed by atoms with E-state index in [4.69, 9.17) is 4.42 Å². The molecule has 1 amide bonds. The summed E-state index contributed by atoms with van der Waals surface area (Å²) in [7, 11) is 0. The summed E-state index contributed by atoms with van der Waals surface area (Å²) < 4.78 is 19.6. The predicted octanol–water partition coefficient (Wildman–Crippen LogP) is 5.49. The number of carbonyl (C=O) groups is 1. The summed E-state index contributed by atoms with van der Waals surface area (Å²) in [6.45, 7) is 7.00. The highest BCUT2D eigenvalue weighted by Gasteiger charge is 2.28. The largest absolute Gasteiger partial charge is 0.444 e. The lowest BCUT2D eigenvalue weighted by Crippen LogP contribution is -2.41. The summed E-state index contributed by atoms with van der Waals surface area (Å²) in [6.07, 6.45) is 3.49. The molecule has 3 aromatic rings. The Kier molecular flexibility index (Phi) is 5.82. The molecule has 3 heterocycles. The van der Waals surface area contributed by atoms with Crippen molar-refractivity contribution < 1.29 is 13.6 Å². The summed E-state index contributed by atoms with van der Waals surface area (Å²) in [5.41, 5.74) is 6.90. The van der Waals surface area contributed by atoms with Crippen LogP contribution in [0.25, 0.3) is 11.3 Å². The van der Waals surface area contributed by atoms with Gasteiger partial charge in [0.1, 0.15) is 18.1 Å². The van der Waals surface area contributed by atoms with E-state index in [1.807, 2.05) is 53.3 Å². The number of carbonyl (C=O) groups excluding carboxylic acids is 1. The van der Waals surface area contributed by atoms with Gasteiger partial charge in [-0.05, 0) is 60.2 Å². The Morgan fingerprint density at radius 3 is 2.65 bits per heavy atom. The molecular formula is C28H28FN3O2. The number of fused-ring (bicyclic) bond motifs is 1. The number of hydrogen-bond donors (Lipinski definition) is 0. The Morgan fingerprint density at radius 2 is 1.88 bits per heavy atom. The van der Waals surface area contributed by atoms with Crippen molar-refractivity contribution in [3.8, 4) is 0 Å². The minimum atomic E-state index is -0.212. The van der Waals surface area contributed by atoms with Crippen LogP contribution >= 0.6 is 0 Å². The van der Waals surface area contributed by atoms with Crippen LogP contribution in [0.2, 0.25) is 0 Å². The first kappa shape index (κ1) is 22.1. The van der Waals surface area contributed by atoms with Crippen LogP contribution in [0.15, 0.2) is 64.7 Å². The smallest absolute Gasteiger partial charge is 0.242 e. The van der Waals surface area contributed by atoms with Gasteiger partial charge in [0.05, 0.1) is 12.2 Å². The van der Waals surface area contributed by atoms with Gasteiger partial charge < -0.3 is 14.2 Å². The van der Waals surface area contributed by atoms with Crippen LogP contribution in [0.4, 0.5) is 4.39 Å². The van der Waals surface area contributed by atoms with E-state index in [2.05, 4.69) is 24.0 Å². The molecule has 6 heteroatoms. The van der Waals surface area contributed by atoms with Crippen molar-refractivity contribution in [2.45, 2.75) is 40.2 Å². The van der Waals surface area contributed by atoms with E-state index in [-0.39, 0.29) is 18.3 Å². The molecule has 0 N–H and O–H groups in total. The molecule has 0 bridgehead atoms. The normalized spacial score (nSPS) is 15.9. The van der Waals surface area contributed by atoms with Gasteiger partial charge in [0, 0.05) is 31.8 Å². The highest BCUT2D eigenvalue weighted by Crippen LogP contribution is 2.36. The third kappa shape index (κ3) is 4.28. The fraction of sp³-hybridized carbons (Fsp3) is 0.286. The van der Waals surface area contributed by atoms with Crippen molar-refractivity contribution in [3.63, 3.8) is 0 Å². The Balaban J connectivity index is 1.46. The first-order chi connectivity index (χ1) is 16.4. The van der Waals surface area contributed by atoms with Gasteiger partial charge >= 0.3 is 0 Å². The van der Waals surface area contributed by atoms with E-state index in [0.717, 1.165) is 40.3 Å². The van der Waals surface area contributed by atoms with Crippen LogP contribution in [0, 0.1) is 19.7 Å². The number of amides is 1. The van der Waals surface area contributed by atoms with Crippen LogP contribution in [0.5, 0.6) is 0 Å². The third-order valence-corrected chi connectivity index (χ3v) is 6.53. The summed E-state index contributed by atoms with van der Waals surface area (Å²) in [6, 6.07) is 15.4. The number of nitrogens with zero attached hydrogens (tertiary/aromatic N) is 3. The van der Waals surface area contributed by atoms with Crippen molar-refractivity contribution >= 4 is 17.2 Å². The first-order valence-corrected chi connectivity index (χ1v) is 11.6. The lowest BCUT2D eigenvalue weighted by molar-refractivity contribution is -0.132. The van der Waals surface area contributed by atoms with Crippen LogP contribution in [-0.4, -0.2) is 33.8 Å². The van der Waals surface area contributed by atoms with Crippen molar-refractivity contribution in [1.29, 1.82) is 0 Å². The van der Waals surface area contributed by atoms with Crippen molar-refractivity contribution in [1.82, 2.24) is 14.8 Å². The monoisotopic (exact) mass is 457 g/mol. The van der Waals surface area contributed by atoms with Crippen molar-refractivity contribution in [2.75, 3.05) is 13.1 Å². The Hall–Kier alpha value is -3.67. The van der Waals surface area contributed by atoms with Crippen LogP contribution < -0.4 is 0 Å². The molecule has 2 aliphatic heterocycles. The molecule has 2 aromatic carbocycles. The van der Waals surface area contributed by atoms with Gasteiger partial charge in [0.25, 0.3) is 0 Å². The molecule has 5 nitrogen and oxygen atoms in total. The zero-order valence-electron chi connectivity index (χ0n) is 19.8. The molecule has 2 aliphatic rings. The number of aromatic nitrogens is 1. The number of halogens is 1. The first-order valence-electron chi connectivity index (χ1n) is 11.6. The number of hydrogen-bond acceptors (Lipinski definition) is 4. The standard InChI is InChI=1S/C28H28FN3O2/c1-18-13-22(9-10-24(18)29)23-14-19(2)28(21-7-5-4-6-8-21)32(15-23)17-27(33)31-12-11-25-26(16-31)34-20(3)30-25/h4-10,13,15H,11-12,14,16-17H2,1-3H3. The zero-order chi connectivity index (χ0) is 23.8. The van der Waals surface area contributed by atoms with E-state index in [0.29, 0.717) is 31.0 Å². The Morgan fingerprint density at radius 1 is 1.09 bits per heavy atom. The number of oxazole rings is 1. The van der Waals surface area contributed by atoms with Crippen LogP contribution in [0.3, 0.4) is 0 Å². The molecular weight excluding hydrogens is 429 g/mol. The fourth-order valence-corrected chi connectivity index (χ4v) is 4.85. The fourth-order valence-electron chi connectivity index (χ4n) is 4.85. The Bertz CT molecular complexity index is 1310. The quantitative estimate of drug-likeness (QED) is 0.520. The van der Waals surface area contributed by atoms with E-state index in [1.54, 1.807) is 6.92 Å². The average Bonchev–Trinajstić information content (AvgIpc) is 3.20. The molecule has 0 unspecified atom stereocenters. The summed E-state index contributed by atoms with van der Waals surface area (Å²) >= 11 is 0. The predicted molar refractivity (Wildman–Crippen MR) is 130 cm³/mol. The van der Waals surface area contributed by atoms with Gasteiger partial charge in [-0.1, -0.05) is 36.4 Å². The average molecular weight is 458 g/mol. The van der Waals surface area contributed by atoms with Gasteiger partial charge in [-0.25, -0.2) is 9.37 Å². The third-order valence-electron chi connectivity index (χ3n) is 6.53. The van der Waals surface area contributed by atoms with E-state index < -0.39 is 0 Å². The minimum absolute atomic E-state index is 0.0359. The number of allylic oxidation sites excluding steroid dienone is 2. The molecule has 5 rings (SSSR count). The van der Waals surface area contributed by atoms with E-state index in [1.165, 1.54) is 11.6 Å². The maximum absolute atomic E-state index is 13.9. The minimum Gasteiger partial charge on any atom is -0.444 e. The maximum atomic E-state index is 13.9. The van der Waals surface area contributed by atoms with Gasteiger partial charge in [0.15, 0.2) is 5.89 Å². The SMILES string of the molecule is CC1=C(c2ccccc2)N(CC(=O)N2CCc3nc(C)oc3C2)C=C(c2ccc(F)c(C)c2)C1. The topological polar surface area (TPSA) is 49.6 Å². The number of aryl methyl sites for hydroxylation is 2. The molecule has 0 saturated heterocycles. The van der Waals surface area contributed by atoms with Crippen molar-refractivity contribution in [3.05, 3.63) is 100 Å². The second kappa shape index (κ2) is 8.93. The summed E-state index contributed by atoms with van der Waals surface area (Å²) in [5, 5.41) is 0. The lowest BCUT2D eigenvalue weighted by atomic mass is 9.92. The van der Waals surface area contributed by atoms with Gasteiger partial charge in [-0.3, -0.25) is 4.79 Å². The zero-order valence-corrected chi connectivity index (χ0v) is 19.8. The van der Waals surface area contributed by atoms with Crippen molar-refractivity contribution in [2.24, 2.45) is 0 Å². The molecule has 0 atom stereocenters. The molecule has 0 saturated carbocycles. The van der Waals surface area contributed by atoms with Gasteiger partial charge in [-0.15, -0.1) is 0 Å². The molecule has 0 fully saturated rings. The van der Waals surface area contributed by atoms with Crippen LogP contribution in [-0.2, 0) is 17.8 Å². The van der Waals surface area contributed by atoms with Crippen LogP contribution in [0.1, 0.15) is 47.4 Å². The second-order valence-corrected chi connectivity index (χ2v) is 9.09. The number of rotatable bonds is 4. The number of benzene rings is 2. The maximum Gasteiger partial charge on any atom is 0.242 e. The molecule has 0 aliphatic carbocycles.